The highest BCUT2D eigenvalue weighted by Gasteiger charge is 2.36. The molecule has 1 aliphatic carbocycles. The van der Waals surface area contributed by atoms with Gasteiger partial charge in [0.05, 0.1) is 114 Å². The fraction of sp³-hybridized carbons (Fsp3) is 0.464. The molecule has 0 spiro atoms. The molecule has 0 bridgehead atoms. The number of anilines is 3. The van der Waals surface area contributed by atoms with E-state index >= 15 is 0 Å². The van der Waals surface area contributed by atoms with Crippen LogP contribution >= 0.6 is 11.6 Å². The van der Waals surface area contributed by atoms with Crippen LogP contribution in [0.4, 0.5) is 47.8 Å². The highest BCUT2D eigenvalue weighted by atomic mass is 35.5. The van der Waals surface area contributed by atoms with Gasteiger partial charge in [-0.3, -0.25) is 24.0 Å². The van der Waals surface area contributed by atoms with Crippen LogP contribution in [0.25, 0.3) is 0 Å². The number of carbonyl (C=O) groups excluding carboxylic acids is 5. The lowest BCUT2D eigenvalue weighted by Crippen LogP contribution is -2.45. The van der Waals surface area contributed by atoms with Crippen molar-refractivity contribution in [1.82, 2.24) is 0 Å². The smallest absolute Gasteiger partial charge is 0.372 e. The Morgan fingerprint density at radius 2 is 0.660 bits per heavy atom. The van der Waals surface area contributed by atoms with E-state index in [1.807, 2.05) is 43.0 Å². The highest BCUT2D eigenvalue weighted by Crippen LogP contribution is 2.37. The fourth-order valence-electron chi connectivity index (χ4n) is 17.2. The van der Waals surface area contributed by atoms with Gasteiger partial charge in [0.25, 0.3) is 0 Å². The zero-order valence-corrected chi connectivity index (χ0v) is 89.6. The molecule has 3 heterocycles. The van der Waals surface area contributed by atoms with Crippen molar-refractivity contribution in [3.8, 4) is 0 Å². The summed E-state index contributed by atoms with van der Waals surface area (Å²) in [6.45, 7) is 35.4. The van der Waals surface area contributed by atoms with E-state index in [2.05, 4.69) is 56.6 Å². The van der Waals surface area contributed by atoms with Crippen molar-refractivity contribution in [3.63, 3.8) is 0 Å². The summed E-state index contributed by atoms with van der Waals surface area (Å²) in [6, 6.07) is 49.2. The van der Waals surface area contributed by atoms with Gasteiger partial charge in [-0.15, -0.1) is 0 Å². The van der Waals surface area contributed by atoms with Crippen molar-refractivity contribution in [2.24, 2.45) is 11.8 Å². The molecule has 9 aromatic carbocycles. The standard InChI is InChI=1S/C25H33NO4S.C24H36ClNO4S.C24H30FNO4S.C19H19F3O3S.C18H17F3O3S/c1-17(2)31(28,29)16-21-6-9-23(10-7-21)25(27)13-22-8-11-24(18(3)12-22)26-14-19(4)30-20(5)15-26;2*1-16(2)31(28,29)15-19-5-8-21(9-6-19)24(27)12-20-7-10-23(22(25)11-20)26-13-17(3)30-18(4)14-26;1-13(2)26(24,25)12-14-7-9-15(10-8-14)18(23)11-16-5-3-4-6-17(16)19(20,21)22;1-11(2)25(23,24)10-12-3-5-13(6-4-12)16(22)9-14-7-8-15(19)18(21)17(14)20/h6-12,17,19-20H,13-16H2,1-5H3;7,10-11,16-19,21H,5-6,8-9,12-15H2,1-4H3;5-11,16-18H,12-15H2,1-4H3;3-10,13H,11-12H2,1-2H3;3-8,11H,9-10H2,1-2H3/t19-,20+;17-,18+,19?,21?;17-,18+;;. The van der Waals surface area contributed by atoms with E-state index in [1.165, 1.54) is 78.5 Å². The quantitative estimate of drug-likeness (QED) is 0.0210. The number of morpholine rings is 3. The van der Waals surface area contributed by atoms with Gasteiger partial charge in [-0.05, 0) is 247 Å². The molecule has 0 unspecified atom stereocenters. The topological polar surface area (TPSA) is 293 Å². The first-order valence-electron chi connectivity index (χ1n) is 48.5. The van der Waals surface area contributed by atoms with Crippen molar-refractivity contribution in [1.29, 1.82) is 0 Å². The minimum absolute atomic E-state index is 0.00142. The van der Waals surface area contributed by atoms with E-state index in [4.69, 9.17) is 25.8 Å². The number of alkyl halides is 3. The van der Waals surface area contributed by atoms with E-state index in [0.29, 0.717) is 75.6 Å². The van der Waals surface area contributed by atoms with Gasteiger partial charge in [-0.25, -0.2) is 59.7 Å². The van der Waals surface area contributed by atoms with Crippen LogP contribution in [-0.2, 0) is 129 Å². The predicted molar refractivity (Wildman–Crippen MR) is 555 cm³/mol. The molecule has 144 heavy (non-hydrogen) atoms. The zero-order valence-electron chi connectivity index (χ0n) is 84.8. The molecule has 34 heteroatoms. The molecular weight excluding hydrogens is 1980 g/mol. The first-order valence-corrected chi connectivity index (χ1v) is 57.5. The van der Waals surface area contributed by atoms with Crippen LogP contribution in [0.2, 0.25) is 5.02 Å². The monoisotopic (exact) mass is 2110 g/mol. The van der Waals surface area contributed by atoms with Crippen LogP contribution in [0.15, 0.2) is 188 Å². The number of ketones is 5. The number of Topliss-reactive ketones (excluding diaryl/α,β-unsaturated/α-hetero) is 5. The number of hydrogen-bond donors (Lipinski definition) is 0. The summed E-state index contributed by atoms with van der Waals surface area (Å²) in [5.41, 5.74) is 9.20. The van der Waals surface area contributed by atoms with E-state index < -0.39 is 117 Å². The molecule has 1 saturated carbocycles. The summed E-state index contributed by atoms with van der Waals surface area (Å²) in [6.07, 6.45) is -0.565. The molecule has 0 N–H and O–H groups in total. The molecule has 13 rings (SSSR count). The number of sulfone groups is 5. The molecular formula is C110H135ClF7N3O18S5. The number of aryl methyl sites for hydroxylation is 1. The molecule has 3 saturated heterocycles. The normalized spacial score (nSPS) is 18.6. The summed E-state index contributed by atoms with van der Waals surface area (Å²) in [5, 5.41) is -1.54. The number of nitrogens with zero attached hydrogens (tertiary/aromatic N) is 3. The zero-order chi connectivity index (χ0) is 107. The third-order valence-electron chi connectivity index (χ3n) is 25.8. The Labute approximate surface area is 850 Å². The van der Waals surface area contributed by atoms with Crippen LogP contribution < -0.4 is 14.7 Å². The van der Waals surface area contributed by atoms with Gasteiger partial charge in [-0.2, -0.15) is 13.2 Å². The number of benzene rings is 9. The van der Waals surface area contributed by atoms with E-state index in [-0.39, 0.29) is 141 Å². The molecule has 4 aliphatic rings. The molecule has 0 radical (unpaired) electrons. The van der Waals surface area contributed by atoms with Crippen LogP contribution in [0, 0.1) is 42.0 Å². The SMILES string of the molecule is CC(C)S(=O)(=O)CC1CCC(C(=O)Cc2ccc(N3C[C@@H](C)O[C@@H](C)C3)c(Cl)c2)CC1.CC(C)S(=O)(=O)Cc1ccc(C(=O)Cc2ccc(F)c(F)c2F)cc1.CC(C)S(=O)(=O)Cc1ccc(C(=O)Cc2ccc(N3C[C@@H](C)O[C@@H](C)C3)c(F)c2)cc1.CC(C)S(=O)(=O)Cc1ccc(C(=O)Cc2ccccc2C(F)(F)F)cc1.Cc1cc(CC(=O)c2ccc(CS(=O)(=O)C(C)C)cc2)ccc1N1C[C@@H](C)O[C@@H](C)C1. The summed E-state index contributed by atoms with van der Waals surface area (Å²) >= 11 is 6.58. The van der Waals surface area contributed by atoms with Crippen molar-refractivity contribution >= 4 is 107 Å². The summed E-state index contributed by atoms with van der Waals surface area (Å²) in [5.74, 6) is -5.35. The lowest BCUT2D eigenvalue weighted by molar-refractivity contribution is -0.138. The first kappa shape index (κ1) is 118. The van der Waals surface area contributed by atoms with Gasteiger partial charge >= 0.3 is 6.18 Å². The minimum atomic E-state index is -4.52. The van der Waals surface area contributed by atoms with Crippen LogP contribution in [-0.4, -0.2) is 179 Å². The second kappa shape index (κ2) is 51.7. The molecule has 784 valence electrons. The molecule has 0 aromatic heterocycles. The summed E-state index contributed by atoms with van der Waals surface area (Å²) < 4.78 is 231. The number of carbonyl (C=O) groups is 5. The molecule has 6 atom stereocenters. The van der Waals surface area contributed by atoms with Crippen LogP contribution in [0.5, 0.6) is 0 Å². The summed E-state index contributed by atoms with van der Waals surface area (Å²) in [7, 11) is -15.9. The van der Waals surface area contributed by atoms with Crippen molar-refractivity contribution in [2.45, 2.75) is 268 Å². The molecule has 0 amide bonds. The van der Waals surface area contributed by atoms with Gasteiger partial charge < -0.3 is 28.9 Å². The maximum atomic E-state index is 14.8. The minimum Gasteiger partial charge on any atom is -0.372 e. The molecule has 21 nitrogen and oxygen atoms in total. The van der Waals surface area contributed by atoms with Crippen LogP contribution in [0.1, 0.15) is 239 Å². The lowest BCUT2D eigenvalue weighted by atomic mass is 9.79. The summed E-state index contributed by atoms with van der Waals surface area (Å²) in [4.78, 5) is 69.3. The average molecular weight is 2120 g/mol. The average Bonchev–Trinajstić information content (AvgIpc) is 0.802. The Morgan fingerprint density at radius 1 is 0.347 bits per heavy atom. The van der Waals surface area contributed by atoms with Gasteiger partial charge in [0, 0.05) is 105 Å². The second-order valence-electron chi connectivity index (χ2n) is 39.5. The Kier molecular flexibility index (Phi) is 42.2. The largest absolute Gasteiger partial charge is 0.416 e. The number of halogens is 8. The predicted octanol–water partition coefficient (Wildman–Crippen LogP) is 21.5. The lowest BCUT2D eigenvalue weighted by Gasteiger charge is -2.37. The van der Waals surface area contributed by atoms with Crippen LogP contribution in [0.3, 0.4) is 0 Å². The van der Waals surface area contributed by atoms with Gasteiger partial charge in [0.2, 0.25) is 0 Å². The van der Waals surface area contributed by atoms with Crippen molar-refractivity contribution in [2.75, 3.05) is 59.7 Å². The molecule has 3 aliphatic heterocycles. The highest BCUT2D eigenvalue weighted by molar-refractivity contribution is 7.92. The number of rotatable bonds is 33. The van der Waals surface area contributed by atoms with Gasteiger partial charge in [0.15, 0.2) is 89.8 Å². The Bertz CT molecular complexity index is 6350. The van der Waals surface area contributed by atoms with Gasteiger partial charge in [-0.1, -0.05) is 157 Å². The van der Waals surface area contributed by atoms with E-state index in [9.17, 15) is 96.8 Å². The third kappa shape index (κ3) is 34.6. The van der Waals surface area contributed by atoms with Crippen molar-refractivity contribution in [3.05, 3.63) is 300 Å². The maximum Gasteiger partial charge on any atom is 0.416 e. The Hall–Kier alpha value is -9.84. The molecule has 9 aromatic rings. The first-order chi connectivity index (χ1) is 67.3. The Morgan fingerprint density at radius 3 is 1.01 bits per heavy atom. The molecule has 4 fully saturated rings. The Balaban J connectivity index is 0.000000201. The van der Waals surface area contributed by atoms with E-state index in [1.54, 1.807) is 130 Å². The van der Waals surface area contributed by atoms with Gasteiger partial charge in [0.1, 0.15) is 11.6 Å². The number of ether oxygens (including phenoxy) is 3. The maximum absolute atomic E-state index is 14.8. The van der Waals surface area contributed by atoms with Crippen molar-refractivity contribution < 1.29 is 111 Å². The second-order valence-corrected chi connectivity index (χ2v) is 52.8. The van der Waals surface area contributed by atoms with E-state index in [0.717, 1.165) is 92.4 Å². The number of hydrogen-bond acceptors (Lipinski definition) is 21. The third-order valence-corrected chi connectivity index (χ3v) is 37.1. The fourth-order valence-corrected chi connectivity index (χ4v) is 22.8.